The van der Waals surface area contributed by atoms with Crippen LogP contribution >= 0.6 is 15.9 Å². The molecule has 0 fully saturated rings. The molecule has 0 radical (unpaired) electrons. The average molecular weight is 338 g/mol. The van der Waals surface area contributed by atoms with E-state index in [2.05, 4.69) is 40.1 Å². The summed E-state index contributed by atoms with van der Waals surface area (Å²) in [6.45, 7) is 6.90. The molecule has 1 unspecified atom stereocenters. The van der Waals surface area contributed by atoms with Crippen molar-refractivity contribution in [2.45, 2.75) is 26.8 Å². The van der Waals surface area contributed by atoms with Crippen LogP contribution in [0.4, 0.5) is 0 Å². The second-order valence-electron chi connectivity index (χ2n) is 5.17. The van der Waals surface area contributed by atoms with Crippen LogP contribution in [0.1, 0.15) is 20.3 Å². The fraction of sp³-hybridized carbons (Fsp3) is 0.467. The Labute approximate surface area is 127 Å². The van der Waals surface area contributed by atoms with Crippen molar-refractivity contribution in [1.82, 2.24) is 14.9 Å². The Bertz CT molecular complexity index is 639. The molecule has 0 aliphatic heterocycles. The van der Waals surface area contributed by atoms with Crippen LogP contribution in [0.5, 0.6) is 0 Å². The highest BCUT2D eigenvalue weighted by Crippen LogP contribution is 2.15. The molecule has 108 valence electrons. The summed E-state index contributed by atoms with van der Waals surface area (Å²) in [5.74, 6) is 0.394. The molecule has 0 spiro atoms. The normalized spacial score (nSPS) is 12.8. The van der Waals surface area contributed by atoms with E-state index in [1.165, 1.54) is 0 Å². The van der Waals surface area contributed by atoms with Crippen LogP contribution in [-0.4, -0.2) is 22.6 Å². The standard InChI is InChI=1S/C15H20BrN3O/c1-3-6-17-8-11(2)9-19-10-18-14-5-4-12(16)7-13(14)15(19)20/h4-5,7,10-11,17H,3,6,8-9H2,1-2H3. The zero-order valence-electron chi connectivity index (χ0n) is 11.9. The first-order valence-electron chi connectivity index (χ1n) is 6.97. The van der Waals surface area contributed by atoms with E-state index in [9.17, 15) is 4.79 Å². The van der Waals surface area contributed by atoms with Gasteiger partial charge in [-0.1, -0.05) is 29.8 Å². The van der Waals surface area contributed by atoms with Gasteiger partial charge in [-0.05, 0) is 43.6 Å². The van der Waals surface area contributed by atoms with Crippen molar-refractivity contribution < 1.29 is 0 Å². The molecule has 0 saturated heterocycles. The Hall–Kier alpha value is -1.20. The van der Waals surface area contributed by atoms with Gasteiger partial charge in [-0.2, -0.15) is 0 Å². The summed E-state index contributed by atoms with van der Waals surface area (Å²) in [6, 6.07) is 5.59. The smallest absolute Gasteiger partial charge is 0.261 e. The van der Waals surface area contributed by atoms with Gasteiger partial charge in [-0.15, -0.1) is 0 Å². The summed E-state index contributed by atoms with van der Waals surface area (Å²) in [4.78, 5) is 16.8. The number of benzene rings is 1. The minimum atomic E-state index is 0.0265. The van der Waals surface area contributed by atoms with Gasteiger partial charge in [0.25, 0.3) is 5.56 Å². The topological polar surface area (TPSA) is 46.9 Å². The van der Waals surface area contributed by atoms with Gasteiger partial charge < -0.3 is 5.32 Å². The van der Waals surface area contributed by atoms with E-state index in [1.54, 1.807) is 10.9 Å². The number of aromatic nitrogens is 2. The fourth-order valence-electron chi connectivity index (χ4n) is 2.19. The maximum Gasteiger partial charge on any atom is 0.261 e. The Balaban J connectivity index is 2.18. The molecule has 1 aromatic carbocycles. The number of fused-ring (bicyclic) bond motifs is 1. The van der Waals surface area contributed by atoms with Gasteiger partial charge in [0, 0.05) is 11.0 Å². The molecule has 2 aromatic rings. The highest BCUT2D eigenvalue weighted by molar-refractivity contribution is 9.10. The molecule has 20 heavy (non-hydrogen) atoms. The molecule has 5 heteroatoms. The first kappa shape index (κ1) is 15.2. The van der Waals surface area contributed by atoms with Crippen LogP contribution in [-0.2, 0) is 6.54 Å². The van der Waals surface area contributed by atoms with Crippen molar-refractivity contribution in [2.24, 2.45) is 5.92 Å². The van der Waals surface area contributed by atoms with Gasteiger partial charge in [0.2, 0.25) is 0 Å². The van der Waals surface area contributed by atoms with E-state index in [0.717, 1.165) is 29.5 Å². The van der Waals surface area contributed by atoms with Crippen LogP contribution in [0.2, 0.25) is 0 Å². The molecule has 4 nitrogen and oxygen atoms in total. The summed E-state index contributed by atoms with van der Waals surface area (Å²) in [5.41, 5.74) is 0.768. The van der Waals surface area contributed by atoms with E-state index in [0.29, 0.717) is 17.8 Å². The first-order chi connectivity index (χ1) is 9.61. The maximum absolute atomic E-state index is 12.4. The van der Waals surface area contributed by atoms with Crippen molar-refractivity contribution in [3.63, 3.8) is 0 Å². The summed E-state index contributed by atoms with van der Waals surface area (Å²) < 4.78 is 2.60. The number of nitrogens with zero attached hydrogens (tertiary/aromatic N) is 2. The van der Waals surface area contributed by atoms with E-state index < -0.39 is 0 Å². The predicted octanol–water partition coefficient (Wildman–Crippen LogP) is 2.79. The lowest BCUT2D eigenvalue weighted by Gasteiger charge is -2.14. The van der Waals surface area contributed by atoms with Gasteiger partial charge in [0.1, 0.15) is 0 Å². The van der Waals surface area contributed by atoms with Crippen molar-refractivity contribution >= 4 is 26.8 Å². The molecule has 1 aromatic heterocycles. The Kier molecular flexibility index (Phi) is 5.31. The van der Waals surface area contributed by atoms with Crippen LogP contribution < -0.4 is 10.9 Å². The third-order valence-corrected chi connectivity index (χ3v) is 3.71. The molecule has 0 amide bonds. The van der Waals surface area contributed by atoms with E-state index in [-0.39, 0.29) is 5.56 Å². The molecule has 1 atom stereocenters. The van der Waals surface area contributed by atoms with Crippen molar-refractivity contribution in [2.75, 3.05) is 13.1 Å². The second-order valence-corrected chi connectivity index (χ2v) is 6.09. The van der Waals surface area contributed by atoms with Gasteiger partial charge in [0.05, 0.1) is 17.2 Å². The molecule has 0 aliphatic rings. The summed E-state index contributed by atoms with van der Waals surface area (Å²) >= 11 is 3.40. The van der Waals surface area contributed by atoms with Gasteiger partial charge >= 0.3 is 0 Å². The van der Waals surface area contributed by atoms with Crippen LogP contribution in [0.3, 0.4) is 0 Å². The average Bonchev–Trinajstić information content (AvgIpc) is 2.43. The lowest BCUT2D eigenvalue weighted by atomic mass is 10.1. The molecule has 0 aliphatic carbocycles. The maximum atomic E-state index is 12.4. The number of rotatable bonds is 6. The van der Waals surface area contributed by atoms with Crippen LogP contribution in [0, 0.1) is 5.92 Å². The lowest BCUT2D eigenvalue weighted by Crippen LogP contribution is -2.29. The molecule has 0 bridgehead atoms. The highest BCUT2D eigenvalue weighted by Gasteiger charge is 2.08. The highest BCUT2D eigenvalue weighted by atomic mass is 79.9. The predicted molar refractivity (Wildman–Crippen MR) is 86.0 cm³/mol. The van der Waals surface area contributed by atoms with E-state index in [4.69, 9.17) is 0 Å². The Morgan fingerprint density at radius 2 is 2.25 bits per heavy atom. The third kappa shape index (κ3) is 3.67. The summed E-state index contributed by atoms with van der Waals surface area (Å²) in [6.07, 6.45) is 2.77. The molecule has 2 rings (SSSR count). The zero-order valence-corrected chi connectivity index (χ0v) is 13.5. The molecular formula is C15H20BrN3O. The van der Waals surface area contributed by atoms with Gasteiger partial charge in [-0.25, -0.2) is 4.98 Å². The molecule has 1 heterocycles. The SMILES string of the molecule is CCCNCC(C)Cn1cnc2ccc(Br)cc2c1=O. The lowest BCUT2D eigenvalue weighted by molar-refractivity contribution is 0.438. The quantitative estimate of drug-likeness (QED) is 0.824. The minimum absolute atomic E-state index is 0.0265. The first-order valence-corrected chi connectivity index (χ1v) is 7.76. The van der Waals surface area contributed by atoms with Crippen LogP contribution in [0.25, 0.3) is 10.9 Å². The fourth-order valence-corrected chi connectivity index (χ4v) is 2.55. The van der Waals surface area contributed by atoms with Crippen molar-refractivity contribution in [3.05, 3.63) is 39.4 Å². The monoisotopic (exact) mass is 337 g/mol. The van der Waals surface area contributed by atoms with E-state index in [1.807, 2.05) is 18.2 Å². The van der Waals surface area contributed by atoms with Gasteiger partial charge in [-0.3, -0.25) is 9.36 Å². The second kappa shape index (κ2) is 6.99. The Morgan fingerprint density at radius 1 is 1.45 bits per heavy atom. The summed E-state index contributed by atoms with van der Waals surface area (Å²) in [7, 11) is 0. The Morgan fingerprint density at radius 3 is 3.00 bits per heavy atom. The van der Waals surface area contributed by atoms with Crippen molar-refractivity contribution in [3.8, 4) is 0 Å². The number of hydrogen-bond donors (Lipinski definition) is 1. The van der Waals surface area contributed by atoms with Crippen molar-refractivity contribution in [1.29, 1.82) is 0 Å². The number of halogens is 1. The molecule has 0 saturated carbocycles. The third-order valence-electron chi connectivity index (χ3n) is 3.21. The largest absolute Gasteiger partial charge is 0.316 e. The molecular weight excluding hydrogens is 318 g/mol. The zero-order chi connectivity index (χ0) is 14.5. The van der Waals surface area contributed by atoms with Crippen LogP contribution in [0.15, 0.2) is 33.8 Å². The number of hydrogen-bond acceptors (Lipinski definition) is 3. The summed E-state index contributed by atoms with van der Waals surface area (Å²) in [5, 5.41) is 4.04. The van der Waals surface area contributed by atoms with E-state index >= 15 is 0 Å². The minimum Gasteiger partial charge on any atom is -0.316 e. The molecule has 1 N–H and O–H groups in total. The van der Waals surface area contributed by atoms with Gasteiger partial charge in [0.15, 0.2) is 0 Å². The number of nitrogens with one attached hydrogen (secondary N) is 1.